The van der Waals surface area contributed by atoms with Crippen LogP contribution in [0, 0.1) is 5.41 Å². The van der Waals surface area contributed by atoms with Gasteiger partial charge in [0.1, 0.15) is 11.5 Å². The summed E-state index contributed by atoms with van der Waals surface area (Å²) in [6.07, 6.45) is 6.22. The first-order valence-electron chi connectivity index (χ1n) is 6.27. The average molecular weight is 266 g/mol. The molecule has 1 aliphatic rings. The summed E-state index contributed by atoms with van der Waals surface area (Å²) in [5.41, 5.74) is 0.932. The summed E-state index contributed by atoms with van der Waals surface area (Å²) >= 11 is 0. The molecule has 0 aliphatic heterocycles. The van der Waals surface area contributed by atoms with Crippen molar-refractivity contribution in [2.75, 3.05) is 13.2 Å². The van der Waals surface area contributed by atoms with Crippen LogP contribution in [0.1, 0.15) is 26.7 Å². The Hall–Kier alpha value is -1.91. The fraction of sp³-hybridized carbons (Fsp3) is 0.429. The van der Waals surface area contributed by atoms with Gasteiger partial charge in [-0.25, -0.2) is 9.18 Å². The molecule has 0 aromatic heterocycles. The van der Waals surface area contributed by atoms with Gasteiger partial charge in [0.15, 0.2) is 0 Å². The second-order valence-corrected chi connectivity index (χ2v) is 4.17. The highest BCUT2D eigenvalue weighted by atomic mass is 19.1. The van der Waals surface area contributed by atoms with Crippen LogP contribution in [-0.4, -0.2) is 24.8 Å². The molecular weight excluding hydrogens is 247 g/mol. The normalized spacial score (nSPS) is 15.4. The Bertz CT molecular complexity index is 450. The zero-order valence-corrected chi connectivity index (χ0v) is 11.3. The van der Waals surface area contributed by atoms with E-state index in [0.717, 1.165) is 6.42 Å². The molecule has 1 rings (SSSR count). The lowest BCUT2D eigenvalue weighted by atomic mass is 10.1. The summed E-state index contributed by atoms with van der Waals surface area (Å²) < 4.78 is 18.4. The van der Waals surface area contributed by atoms with Crippen molar-refractivity contribution in [3.8, 4) is 0 Å². The fourth-order valence-corrected chi connectivity index (χ4v) is 1.65. The molecule has 0 heterocycles. The second kappa shape index (κ2) is 7.51. The van der Waals surface area contributed by atoms with E-state index in [-0.39, 0.29) is 30.4 Å². The maximum atomic E-state index is 13.5. The maximum absolute atomic E-state index is 13.5. The summed E-state index contributed by atoms with van der Waals surface area (Å²) in [4.78, 5) is 11.7. The molecule has 0 spiro atoms. The van der Waals surface area contributed by atoms with E-state index in [1.54, 1.807) is 13.8 Å². The topological polar surface area (TPSA) is 62.2 Å². The van der Waals surface area contributed by atoms with Gasteiger partial charge in [0.05, 0.1) is 6.61 Å². The van der Waals surface area contributed by atoms with Gasteiger partial charge in [0.2, 0.25) is 0 Å². The zero-order chi connectivity index (χ0) is 14.3. The molecule has 0 atom stereocenters. The second-order valence-electron chi connectivity index (χ2n) is 4.17. The monoisotopic (exact) mass is 266 g/mol. The predicted molar refractivity (Wildman–Crippen MR) is 72.6 cm³/mol. The van der Waals surface area contributed by atoms with Crippen molar-refractivity contribution in [3.05, 3.63) is 35.3 Å². The van der Waals surface area contributed by atoms with Gasteiger partial charge in [-0.3, -0.25) is 0 Å². The van der Waals surface area contributed by atoms with E-state index >= 15 is 0 Å². The van der Waals surface area contributed by atoms with Crippen molar-refractivity contribution in [2.24, 2.45) is 0 Å². The molecule has 1 aliphatic carbocycles. The van der Waals surface area contributed by atoms with Gasteiger partial charge in [0.25, 0.3) is 0 Å². The number of ether oxygens (including phenoxy) is 1. The van der Waals surface area contributed by atoms with Crippen LogP contribution in [0.2, 0.25) is 0 Å². The number of hydrogen-bond acceptors (Lipinski definition) is 4. The SMILES string of the molecule is CCOC(=O)/C(=C/C(C)=N)NCC1=CCCC=C1F. The predicted octanol–water partition coefficient (Wildman–Crippen LogP) is 2.64. The molecule has 0 unspecified atom stereocenters. The summed E-state index contributed by atoms with van der Waals surface area (Å²) in [7, 11) is 0. The molecule has 2 N–H and O–H groups in total. The molecule has 0 bridgehead atoms. The number of hydrogen-bond donors (Lipinski definition) is 2. The number of nitrogens with one attached hydrogen (secondary N) is 2. The Morgan fingerprint density at radius 3 is 2.79 bits per heavy atom. The Kier molecular flexibility index (Phi) is 5.99. The maximum Gasteiger partial charge on any atom is 0.354 e. The van der Waals surface area contributed by atoms with Gasteiger partial charge >= 0.3 is 5.97 Å². The third-order valence-electron chi connectivity index (χ3n) is 2.51. The third-order valence-corrected chi connectivity index (χ3v) is 2.51. The van der Waals surface area contributed by atoms with Gasteiger partial charge in [-0.05, 0) is 38.8 Å². The van der Waals surface area contributed by atoms with E-state index in [4.69, 9.17) is 10.1 Å². The van der Waals surface area contributed by atoms with Gasteiger partial charge < -0.3 is 15.5 Å². The van der Waals surface area contributed by atoms with Crippen LogP contribution in [0.15, 0.2) is 35.3 Å². The van der Waals surface area contributed by atoms with E-state index in [2.05, 4.69) is 5.32 Å². The van der Waals surface area contributed by atoms with Crippen LogP contribution in [0.25, 0.3) is 0 Å². The van der Waals surface area contributed by atoms with Crippen molar-refractivity contribution in [2.45, 2.75) is 26.7 Å². The highest BCUT2D eigenvalue weighted by Crippen LogP contribution is 2.19. The van der Waals surface area contributed by atoms with Crippen LogP contribution in [0.5, 0.6) is 0 Å². The van der Waals surface area contributed by atoms with Crippen LogP contribution < -0.4 is 5.32 Å². The summed E-state index contributed by atoms with van der Waals surface area (Å²) in [6.45, 7) is 3.73. The quantitative estimate of drug-likeness (QED) is 0.441. The fourth-order valence-electron chi connectivity index (χ4n) is 1.65. The van der Waals surface area contributed by atoms with Crippen LogP contribution in [0.4, 0.5) is 4.39 Å². The molecule has 0 aromatic carbocycles. The van der Waals surface area contributed by atoms with Crippen molar-refractivity contribution in [1.29, 1.82) is 5.41 Å². The first kappa shape index (κ1) is 15.1. The zero-order valence-electron chi connectivity index (χ0n) is 11.3. The van der Waals surface area contributed by atoms with E-state index in [1.165, 1.54) is 12.2 Å². The van der Waals surface area contributed by atoms with Crippen molar-refractivity contribution in [1.82, 2.24) is 5.32 Å². The van der Waals surface area contributed by atoms with Gasteiger partial charge in [-0.2, -0.15) is 0 Å². The van der Waals surface area contributed by atoms with Crippen molar-refractivity contribution >= 4 is 11.7 Å². The van der Waals surface area contributed by atoms with Gasteiger partial charge in [-0.1, -0.05) is 6.08 Å². The molecule has 5 heteroatoms. The molecule has 19 heavy (non-hydrogen) atoms. The van der Waals surface area contributed by atoms with Gasteiger partial charge in [-0.15, -0.1) is 0 Å². The number of carbonyl (C=O) groups excluding carboxylic acids is 1. The van der Waals surface area contributed by atoms with E-state index < -0.39 is 5.97 Å². The first-order chi connectivity index (χ1) is 9.04. The summed E-state index contributed by atoms with van der Waals surface area (Å²) in [6, 6.07) is 0. The van der Waals surface area contributed by atoms with E-state index in [1.807, 2.05) is 6.08 Å². The average Bonchev–Trinajstić information content (AvgIpc) is 2.36. The Morgan fingerprint density at radius 1 is 1.53 bits per heavy atom. The van der Waals surface area contributed by atoms with Crippen molar-refractivity contribution < 1.29 is 13.9 Å². The number of esters is 1. The van der Waals surface area contributed by atoms with Crippen LogP contribution in [-0.2, 0) is 9.53 Å². The Balaban J connectivity index is 2.69. The third kappa shape index (κ3) is 5.07. The lowest BCUT2D eigenvalue weighted by Crippen LogP contribution is -2.25. The smallest absolute Gasteiger partial charge is 0.354 e. The number of carbonyl (C=O) groups is 1. The lowest BCUT2D eigenvalue weighted by Gasteiger charge is -2.13. The first-order valence-corrected chi connectivity index (χ1v) is 6.27. The lowest BCUT2D eigenvalue weighted by molar-refractivity contribution is -0.138. The molecule has 0 amide bonds. The van der Waals surface area contributed by atoms with E-state index in [9.17, 15) is 9.18 Å². The molecule has 0 saturated carbocycles. The minimum Gasteiger partial charge on any atom is -0.461 e. The standard InChI is InChI=1S/C14H19FN2O2/c1-3-19-14(18)13(8-10(2)16)17-9-11-6-4-5-7-12(11)15/h6-8,16-17H,3-5,9H2,1-2H3/b13-8-,16-10?. The summed E-state index contributed by atoms with van der Waals surface area (Å²) in [5, 5.41) is 10.2. The largest absolute Gasteiger partial charge is 0.461 e. The number of allylic oxidation sites excluding steroid dienone is 3. The highest BCUT2D eigenvalue weighted by Gasteiger charge is 2.13. The summed E-state index contributed by atoms with van der Waals surface area (Å²) in [5.74, 6) is -0.788. The Labute approximate surface area is 112 Å². The molecular formula is C14H19FN2O2. The minimum atomic E-state index is -0.533. The minimum absolute atomic E-state index is 0.175. The van der Waals surface area contributed by atoms with Crippen LogP contribution >= 0.6 is 0 Å². The number of halogens is 1. The molecule has 0 aromatic rings. The Morgan fingerprint density at radius 2 is 2.21 bits per heavy atom. The van der Waals surface area contributed by atoms with E-state index in [0.29, 0.717) is 12.0 Å². The molecule has 0 saturated heterocycles. The van der Waals surface area contributed by atoms with Crippen molar-refractivity contribution in [3.63, 3.8) is 0 Å². The molecule has 104 valence electrons. The van der Waals surface area contributed by atoms with Crippen LogP contribution in [0.3, 0.4) is 0 Å². The number of rotatable bonds is 6. The highest BCUT2D eigenvalue weighted by molar-refractivity contribution is 5.99. The molecule has 4 nitrogen and oxygen atoms in total. The molecule has 0 radical (unpaired) electrons. The molecule has 0 fully saturated rings. The van der Waals surface area contributed by atoms with Gasteiger partial charge in [0, 0.05) is 17.8 Å².